The van der Waals surface area contributed by atoms with Crippen molar-refractivity contribution in [3.63, 3.8) is 0 Å². The largest absolute Gasteiger partial charge is 1.00 e. The molecule has 19 nitrogen and oxygen atoms in total. The Labute approximate surface area is 362 Å². The van der Waals surface area contributed by atoms with E-state index in [1.807, 2.05) is 0 Å². The zero-order valence-electron chi connectivity index (χ0n) is 28.0. The smallest absolute Gasteiger partial charge is 0.744 e. The number of nitrogens with zero attached hydrogens (tertiary/aromatic N) is 6. The number of phenolic OH excluding ortho intramolecular Hbond substituents is 1. The predicted octanol–water partition coefficient (Wildman–Crippen LogP) is -2.53. The number of aromatic nitrogens is 3. The number of benzene rings is 3. The molecule has 0 saturated heterocycles. The first-order valence-corrected chi connectivity index (χ1v) is 18.3. The summed E-state index contributed by atoms with van der Waals surface area (Å²) in [5.74, 6) is -1.38. The number of azo groups is 1. The summed E-state index contributed by atoms with van der Waals surface area (Å²) in [5, 5.41) is 23.9. The van der Waals surface area contributed by atoms with Crippen molar-refractivity contribution < 1.29 is 134 Å². The van der Waals surface area contributed by atoms with E-state index in [4.69, 9.17) is 16.3 Å². The second kappa shape index (κ2) is 17.7. The van der Waals surface area contributed by atoms with Crippen molar-refractivity contribution in [2.24, 2.45) is 10.2 Å². The zero-order chi connectivity index (χ0) is 36.5. The Morgan fingerprint density at radius 3 is 2.10 bits per heavy atom. The summed E-state index contributed by atoms with van der Waals surface area (Å²) in [6, 6.07) is 5.93. The van der Waals surface area contributed by atoms with Crippen LogP contribution in [0, 0.1) is 0 Å². The number of halogens is 1. The van der Waals surface area contributed by atoms with Gasteiger partial charge in [0.15, 0.2) is 5.75 Å². The number of rotatable bonds is 13. The fourth-order valence-corrected chi connectivity index (χ4v) is 6.45. The summed E-state index contributed by atoms with van der Waals surface area (Å²) in [7, 11) is -8.51. The van der Waals surface area contributed by atoms with E-state index in [1.54, 1.807) is 0 Å². The Kier molecular flexibility index (Phi) is 15.8. The summed E-state index contributed by atoms with van der Waals surface area (Å²) in [5.41, 5.74) is -1.59. The van der Waals surface area contributed by atoms with E-state index < -0.39 is 67.9 Å². The van der Waals surface area contributed by atoms with E-state index in [1.165, 1.54) is 18.2 Å². The first kappa shape index (κ1) is 45.5. The minimum absolute atomic E-state index is 0. The van der Waals surface area contributed by atoms with E-state index in [0.717, 1.165) is 30.6 Å². The van der Waals surface area contributed by atoms with Crippen molar-refractivity contribution in [2.75, 3.05) is 52.0 Å². The molecule has 0 fully saturated rings. The van der Waals surface area contributed by atoms with Crippen molar-refractivity contribution in [1.82, 2.24) is 15.0 Å². The molecule has 1 aromatic heterocycles. The number of nitrogens with one attached hydrogen (secondary N) is 2. The molecule has 0 bridgehead atoms. The van der Waals surface area contributed by atoms with Crippen molar-refractivity contribution in [1.29, 1.82) is 0 Å². The number of fused-ring (bicyclic) bond motifs is 1. The summed E-state index contributed by atoms with van der Waals surface area (Å²) < 4.78 is 109. The molecule has 0 radical (unpaired) electrons. The Morgan fingerprint density at radius 2 is 1.53 bits per heavy atom. The number of quaternary nitrogens is 1. The summed E-state index contributed by atoms with van der Waals surface area (Å²) in [4.78, 5) is 9.17. The number of hydrogen-bond donors (Lipinski definition) is 5. The quantitative estimate of drug-likeness (QED) is 0.0306. The van der Waals surface area contributed by atoms with Crippen LogP contribution in [0.15, 0.2) is 61.3 Å². The molecule has 0 aliphatic rings. The molecule has 1 heterocycles. The minimum Gasteiger partial charge on any atom is -0.744 e. The molecule has 0 amide bonds. The molecular weight excluding hydrogens is 794 g/mol. The fraction of sp³-hybridized carbons (Fsp3) is 0.269. The molecule has 4 aromatic rings. The monoisotopic (exact) mass is 822 g/mol. The standard InChI is InChI=1S/C26H29ClN8O11S3.K.Na/c1-35(2,3)9-5-8-28-25-30-24(27)31-26(32-25)29-15-6-7-16-14(10-15)11-21(49(43,44)45)22(23(16)36)34-33-17-12-20(48(40,41)42)18(46-4)13-19(17)47(37,38)39;;/h6-7,10-13H,5,8-9H2,1-4H3,(H5-,28,29,30,31,32,33,36,37,38,39,40,41,42,43,44,45);;/q;2*+1. The van der Waals surface area contributed by atoms with E-state index in [9.17, 15) is 44.0 Å². The number of ether oxygens (including phenoxy) is 1. The van der Waals surface area contributed by atoms with Crippen LogP contribution in [0.2, 0.25) is 5.28 Å². The second-order valence-corrected chi connectivity index (χ2v) is 15.7. The summed E-state index contributed by atoms with van der Waals surface area (Å²) in [6.45, 7) is 1.44. The Balaban J connectivity index is 0.00000451. The van der Waals surface area contributed by atoms with Crippen LogP contribution in [0.1, 0.15) is 6.42 Å². The average Bonchev–Trinajstić information content (AvgIpc) is 2.96. The van der Waals surface area contributed by atoms with Gasteiger partial charge in [-0.3, -0.25) is 9.11 Å². The maximum atomic E-state index is 12.4. The minimum atomic E-state index is -5.39. The average molecular weight is 823 g/mol. The molecule has 0 unspecified atom stereocenters. The SMILES string of the molecule is COc1cc(S(=O)(=O)[O-])c(N=Nc2c(S(=O)(=O)O)cc3cc(Nc4nc(Cl)nc(NCCC[N+](C)(C)C)n4)ccc3c2O)cc1S(=O)(=O)O.[K+].[Na+]. The molecule has 51 heavy (non-hydrogen) atoms. The van der Waals surface area contributed by atoms with Crippen molar-refractivity contribution >= 4 is 81.7 Å². The zero-order valence-corrected chi connectivity index (χ0v) is 36.3. The van der Waals surface area contributed by atoms with Crippen LogP contribution in [-0.4, -0.2) is 105 Å². The van der Waals surface area contributed by atoms with Gasteiger partial charge in [-0.1, -0.05) is 0 Å². The molecule has 5 N–H and O–H groups in total. The molecule has 25 heteroatoms. The maximum Gasteiger partial charge on any atom is 1.00 e. The number of phenols is 1. The fourth-order valence-electron chi connectivity index (χ4n) is 4.36. The van der Waals surface area contributed by atoms with E-state index in [2.05, 4.69) is 57.0 Å². The number of methoxy groups -OCH3 is 1. The molecule has 0 spiro atoms. The van der Waals surface area contributed by atoms with Gasteiger partial charge >= 0.3 is 80.9 Å². The van der Waals surface area contributed by atoms with Gasteiger partial charge in [0, 0.05) is 30.1 Å². The maximum absolute atomic E-state index is 12.4. The third-order valence-corrected chi connectivity index (χ3v) is 9.31. The number of aromatic hydroxyl groups is 1. The van der Waals surface area contributed by atoms with Crippen LogP contribution in [0.5, 0.6) is 11.5 Å². The molecule has 0 aliphatic heterocycles. The van der Waals surface area contributed by atoms with Gasteiger partial charge in [-0.15, -0.1) is 10.2 Å². The van der Waals surface area contributed by atoms with E-state index in [-0.39, 0.29) is 115 Å². The second-order valence-electron chi connectivity index (χ2n) is 11.3. The van der Waals surface area contributed by atoms with Gasteiger partial charge in [-0.2, -0.15) is 31.8 Å². The topological polar surface area (TPSA) is 283 Å². The van der Waals surface area contributed by atoms with Gasteiger partial charge < -0.3 is 29.5 Å². The first-order valence-electron chi connectivity index (χ1n) is 13.6. The van der Waals surface area contributed by atoms with Gasteiger partial charge in [-0.25, -0.2) is 8.42 Å². The third kappa shape index (κ3) is 12.2. The van der Waals surface area contributed by atoms with Crippen LogP contribution in [-0.2, 0) is 30.4 Å². The molecule has 3 aromatic carbocycles. The van der Waals surface area contributed by atoms with Gasteiger partial charge in [0.05, 0.1) is 39.7 Å². The number of hydrogen-bond acceptors (Lipinski definition) is 16. The van der Waals surface area contributed by atoms with Gasteiger partial charge in [0.2, 0.25) is 17.2 Å². The van der Waals surface area contributed by atoms with Crippen LogP contribution in [0.25, 0.3) is 10.8 Å². The van der Waals surface area contributed by atoms with Crippen molar-refractivity contribution in [3.05, 3.63) is 41.7 Å². The van der Waals surface area contributed by atoms with Crippen LogP contribution >= 0.6 is 11.6 Å². The van der Waals surface area contributed by atoms with Crippen molar-refractivity contribution in [2.45, 2.75) is 21.1 Å². The predicted molar refractivity (Wildman–Crippen MR) is 175 cm³/mol. The van der Waals surface area contributed by atoms with Crippen LogP contribution < -0.4 is 96.3 Å². The first-order chi connectivity index (χ1) is 22.6. The molecule has 264 valence electrons. The van der Waals surface area contributed by atoms with Crippen LogP contribution in [0.3, 0.4) is 0 Å². The third-order valence-electron chi connectivity index (χ3n) is 6.53. The van der Waals surface area contributed by atoms with Crippen LogP contribution in [0.4, 0.5) is 29.0 Å². The van der Waals surface area contributed by atoms with Crippen molar-refractivity contribution in [3.8, 4) is 11.5 Å². The molecule has 0 atom stereocenters. The number of anilines is 3. The molecule has 0 aliphatic carbocycles. The summed E-state index contributed by atoms with van der Waals surface area (Å²) in [6.07, 6.45) is 0.811. The Bertz CT molecular complexity index is 2310. The normalized spacial score (nSPS) is 12.3. The van der Waals surface area contributed by atoms with E-state index in [0.29, 0.717) is 18.7 Å². The van der Waals surface area contributed by atoms with E-state index >= 15 is 0 Å². The molecule has 0 saturated carbocycles. The van der Waals surface area contributed by atoms with Gasteiger partial charge in [0.1, 0.15) is 37.0 Å². The molecule has 4 rings (SSSR count). The summed E-state index contributed by atoms with van der Waals surface area (Å²) >= 11 is 6.07. The molecular formula is C26H29ClKN8NaO11S3+2. The van der Waals surface area contributed by atoms with Gasteiger partial charge in [-0.05, 0) is 47.3 Å². The Hall–Kier alpha value is -1.65. The van der Waals surface area contributed by atoms with Gasteiger partial charge in [0.25, 0.3) is 20.2 Å². The Morgan fingerprint density at radius 1 is 0.902 bits per heavy atom.